The summed E-state index contributed by atoms with van der Waals surface area (Å²) in [4.78, 5) is 2.58. The maximum atomic E-state index is 5.69. The molecule has 1 aliphatic heterocycles. The Bertz CT molecular complexity index is 198. The molecule has 0 aromatic heterocycles. The van der Waals surface area contributed by atoms with E-state index in [1.807, 2.05) is 7.11 Å². The molecule has 0 aromatic rings. The summed E-state index contributed by atoms with van der Waals surface area (Å²) in [5.74, 6) is 0.765. The molecule has 1 N–H and O–H groups in total. The van der Waals surface area contributed by atoms with Gasteiger partial charge in [-0.15, -0.1) is 0 Å². The molecule has 3 nitrogen and oxygen atoms in total. The van der Waals surface area contributed by atoms with E-state index in [1.54, 1.807) is 0 Å². The minimum Gasteiger partial charge on any atom is -0.377 e. The molecule has 88 valence electrons. The summed E-state index contributed by atoms with van der Waals surface area (Å²) < 4.78 is 5.69. The molecule has 2 fully saturated rings. The first kappa shape index (κ1) is 11.4. The van der Waals surface area contributed by atoms with Crippen molar-refractivity contribution in [2.45, 2.75) is 31.8 Å². The van der Waals surface area contributed by atoms with Crippen LogP contribution in [0.4, 0.5) is 0 Å². The SMILES string of the molecule is COC1(CN2CCNCC(C)C2)CCC1. The highest BCUT2D eigenvalue weighted by Crippen LogP contribution is 2.35. The Balaban J connectivity index is 1.86. The summed E-state index contributed by atoms with van der Waals surface area (Å²) in [7, 11) is 1.87. The Labute approximate surface area is 93.2 Å². The van der Waals surface area contributed by atoms with Gasteiger partial charge in [0.05, 0.1) is 5.60 Å². The lowest BCUT2D eigenvalue weighted by molar-refractivity contribution is -0.0916. The van der Waals surface area contributed by atoms with Crippen molar-refractivity contribution in [1.82, 2.24) is 10.2 Å². The van der Waals surface area contributed by atoms with Crippen molar-refractivity contribution in [2.24, 2.45) is 5.92 Å². The van der Waals surface area contributed by atoms with Crippen LogP contribution in [0.5, 0.6) is 0 Å². The molecule has 1 saturated heterocycles. The summed E-state index contributed by atoms with van der Waals surface area (Å²) in [6, 6.07) is 0. The van der Waals surface area contributed by atoms with Crippen molar-refractivity contribution < 1.29 is 4.74 Å². The summed E-state index contributed by atoms with van der Waals surface area (Å²) in [6.45, 7) is 8.15. The third-order valence-electron chi connectivity index (χ3n) is 3.88. The zero-order chi connectivity index (χ0) is 10.7. The molecule has 1 heterocycles. The number of rotatable bonds is 3. The Morgan fingerprint density at radius 1 is 1.47 bits per heavy atom. The third-order valence-corrected chi connectivity index (χ3v) is 3.88. The number of methoxy groups -OCH3 is 1. The second-order valence-corrected chi connectivity index (χ2v) is 5.29. The Morgan fingerprint density at radius 2 is 2.27 bits per heavy atom. The predicted octanol–water partition coefficient (Wildman–Crippen LogP) is 1.10. The van der Waals surface area contributed by atoms with Gasteiger partial charge in [-0.25, -0.2) is 0 Å². The van der Waals surface area contributed by atoms with E-state index in [1.165, 1.54) is 32.4 Å². The van der Waals surface area contributed by atoms with Crippen molar-refractivity contribution in [3.8, 4) is 0 Å². The normalized spacial score (nSPS) is 32.0. The molecule has 15 heavy (non-hydrogen) atoms. The van der Waals surface area contributed by atoms with Crippen molar-refractivity contribution >= 4 is 0 Å². The largest absolute Gasteiger partial charge is 0.377 e. The first-order valence-electron chi connectivity index (χ1n) is 6.22. The molecule has 0 radical (unpaired) electrons. The maximum Gasteiger partial charge on any atom is 0.0805 e. The van der Waals surface area contributed by atoms with Gasteiger partial charge < -0.3 is 10.1 Å². The van der Waals surface area contributed by atoms with Gasteiger partial charge >= 0.3 is 0 Å². The van der Waals surface area contributed by atoms with Crippen LogP contribution in [-0.2, 0) is 4.74 Å². The molecule has 2 rings (SSSR count). The van der Waals surface area contributed by atoms with Crippen LogP contribution in [0.3, 0.4) is 0 Å². The van der Waals surface area contributed by atoms with Gasteiger partial charge in [-0.1, -0.05) is 6.92 Å². The van der Waals surface area contributed by atoms with Crippen LogP contribution >= 0.6 is 0 Å². The van der Waals surface area contributed by atoms with Crippen LogP contribution in [0.15, 0.2) is 0 Å². The molecular weight excluding hydrogens is 188 g/mol. The smallest absolute Gasteiger partial charge is 0.0805 e. The number of hydrogen-bond acceptors (Lipinski definition) is 3. The summed E-state index contributed by atoms with van der Waals surface area (Å²) in [5.41, 5.74) is 0.198. The highest BCUT2D eigenvalue weighted by Gasteiger charge is 2.38. The number of ether oxygens (including phenoxy) is 1. The Kier molecular flexibility index (Phi) is 3.65. The topological polar surface area (TPSA) is 24.5 Å². The molecule has 0 bridgehead atoms. The first-order valence-corrected chi connectivity index (χ1v) is 6.22. The van der Waals surface area contributed by atoms with Crippen molar-refractivity contribution in [2.75, 3.05) is 39.8 Å². The molecule has 0 spiro atoms. The lowest BCUT2D eigenvalue weighted by Gasteiger charge is -2.44. The van der Waals surface area contributed by atoms with Crippen LogP contribution in [0.25, 0.3) is 0 Å². The van der Waals surface area contributed by atoms with Crippen LogP contribution in [0.2, 0.25) is 0 Å². The third kappa shape index (κ3) is 2.71. The van der Waals surface area contributed by atoms with E-state index in [4.69, 9.17) is 4.74 Å². The van der Waals surface area contributed by atoms with E-state index in [9.17, 15) is 0 Å². The molecule has 3 heteroatoms. The molecule has 1 unspecified atom stereocenters. The standard InChI is InChI=1S/C12H24N2O/c1-11-8-13-6-7-14(9-11)10-12(15-2)4-3-5-12/h11,13H,3-10H2,1-2H3. The lowest BCUT2D eigenvalue weighted by Crippen LogP contribution is -2.50. The molecule has 0 amide bonds. The van der Waals surface area contributed by atoms with Gasteiger partial charge in [-0.2, -0.15) is 0 Å². The zero-order valence-corrected chi connectivity index (χ0v) is 10.1. The summed E-state index contributed by atoms with van der Waals surface area (Å²) >= 11 is 0. The fraction of sp³-hybridized carbons (Fsp3) is 1.00. The van der Waals surface area contributed by atoms with E-state index in [0.29, 0.717) is 0 Å². The lowest BCUT2D eigenvalue weighted by atomic mass is 9.79. The van der Waals surface area contributed by atoms with Crippen molar-refractivity contribution in [3.05, 3.63) is 0 Å². The second-order valence-electron chi connectivity index (χ2n) is 5.29. The van der Waals surface area contributed by atoms with Gasteiger partial charge in [0.1, 0.15) is 0 Å². The molecule has 1 saturated carbocycles. The minimum atomic E-state index is 0.198. The molecule has 0 aromatic carbocycles. The van der Waals surface area contributed by atoms with E-state index in [0.717, 1.165) is 25.6 Å². The van der Waals surface area contributed by atoms with Crippen LogP contribution < -0.4 is 5.32 Å². The molecular formula is C12H24N2O. The van der Waals surface area contributed by atoms with E-state index < -0.39 is 0 Å². The van der Waals surface area contributed by atoms with Crippen molar-refractivity contribution in [1.29, 1.82) is 0 Å². The number of hydrogen-bond donors (Lipinski definition) is 1. The van der Waals surface area contributed by atoms with E-state index in [2.05, 4.69) is 17.1 Å². The van der Waals surface area contributed by atoms with Gasteiger partial charge in [0.25, 0.3) is 0 Å². The Hall–Kier alpha value is -0.120. The van der Waals surface area contributed by atoms with E-state index in [-0.39, 0.29) is 5.60 Å². The molecule has 2 aliphatic rings. The molecule has 1 aliphatic carbocycles. The maximum absolute atomic E-state index is 5.69. The highest BCUT2D eigenvalue weighted by molar-refractivity contribution is 4.93. The fourth-order valence-corrected chi connectivity index (χ4v) is 2.73. The van der Waals surface area contributed by atoms with Crippen LogP contribution in [0.1, 0.15) is 26.2 Å². The predicted molar refractivity (Wildman–Crippen MR) is 62.1 cm³/mol. The van der Waals surface area contributed by atoms with Gasteiger partial charge in [0.15, 0.2) is 0 Å². The number of nitrogens with one attached hydrogen (secondary N) is 1. The summed E-state index contributed by atoms with van der Waals surface area (Å²) in [6.07, 6.45) is 3.85. The van der Waals surface area contributed by atoms with Crippen molar-refractivity contribution in [3.63, 3.8) is 0 Å². The number of nitrogens with zero attached hydrogens (tertiary/aromatic N) is 1. The van der Waals surface area contributed by atoms with Crippen LogP contribution in [-0.4, -0.2) is 50.3 Å². The quantitative estimate of drug-likeness (QED) is 0.758. The van der Waals surface area contributed by atoms with Gasteiger partial charge in [0, 0.05) is 33.3 Å². The van der Waals surface area contributed by atoms with Gasteiger partial charge in [-0.3, -0.25) is 4.90 Å². The van der Waals surface area contributed by atoms with Gasteiger partial charge in [0.2, 0.25) is 0 Å². The average Bonchev–Trinajstić information content (AvgIpc) is 2.36. The van der Waals surface area contributed by atoms with Gasteiger partial charge in [-0.05, 0) is 31.7 Å². The summed E-state index contributed by atoms with van der Waals surface area (Å²) in [5, 5.41) is 3.48. The van der Waals surface area contributed by atoms with Crippen LogP contribution in [0, 0.1) is 5.92 Å². The first-order chi connectivity index (χ1) is 7.24. The fourth-order valence-electron chi connectivity index (χ4n) is 2.73. The monoisotopic (exact) mass is 212 g/mol. The highest BCUT2D eigenvalue weighted by atomic mass is 16.5. The Morgan fingerprint density at radius 3 is 2.87 bits per heavy atom. The van der Waals surface area contributed by atoms with E-state index >= 15 is 0 Å². The zero-order valence-electron chi connectivity index (χ0n) is 10.1. The average molecular weight is 212 g/mol. The second kappa shape index (κ2) is 4.81. The minimum absolute atomic E-state index is 0.198. The molecule has 1 atom stereocenters.